The van der Waals surface area contributed by atoms with Crippen molar-refractivity contribution in [3.63, 3.8) is 0 Å². The van der Waals surface area contributed by atoms with Gasteiger partial charge in [0.05, 0.1) is 5.52 Å². The smallest absolute Gasteiger partial charge is 0.0720 e. The highest BCUT2D eigenvalue weighted by Crippen LogP contribution is 2.28. The summed E-state index contributed by atoms with van der Waals surface area (Å²) in [7, 11) is 0. The minimum atomic E-state index is -0.478. The Balaban J connectivity index is 2.63. The summed E-state index contributed by atoms with van der Waals surface area (Å²) in [6, 6.07) is 7.28. The van der Waals surface area contributed by atoms with Gasteiger partial charge in [-0.05, 0) is 37.6 Å². The SMILES string of the molecule is CC(C)(N)C(N)c1ccnc2cc(Cl)ccc12. The molecule has 1 atom stereocenters. The molecule has 4 heteroatoms. The van der Waals surface area contributed by atoms with Gasteiger partial charge in [0.1, 0.15) is 0 Å². The standard InChI is InChI=1S/C13H16ClN3/c1-13(2,16)12(15)10-5-6-17-11-7-8(14)3-4-9(10)11/h3-7,12H,15-16H2,1-2H3. The van der Waals surface area contributed by atoms with Crippen LogP contribution in [0.1, 0.15) is 25.5 Å². The van der Waals surface area contributed by atoms with Crippen LogP contribution in [0.2, 0.25) is 5.02 Å². The molecule has 17 heavy (non-hydrogen) atoms. The third-order valence-corrected chi connectivity index (χ3v) is 3.11. The molecule has 0 aliphatic carbocycles. The average molecular weight is 250 g/mol. The van der Waals surface area contributed by atoms with E-state index < -0.39 is 5.54 Å². The van der Waals surface area contributed by atoms with Crippen molar-refractivity contribution in [1.29, 1.82) is 0 Å². The van der Waals surface area contributed by atoms with E-state index in [-0.39, 0.29) is 6.04 Å². The van der Waals surface area contributed by atoms with E-state index in [0.717, 1.165) is 16.5 Å². The maximum Gasteiger partial charge on any atom is 0.0720 e. The number of hydrogen-bond donors (Lipinski definition) is 2. The van der Waals surface area contributed by atoms with E-state index in [2.05, 4.69) is 4.98 Å². The second-order valence-corrected chi connectivity index (χ2v) is 5.30. The number of benzene rings is 1. The highest BCUT2D eigenvalue weighted by Gasteiger charge is 2.24. The predicted octanol–water partition coefficient (Wildman–Crippen LogP) is 2.63. The maximum absolute atomic E-state index is 6.19. The van der Waals surface area contributed by atoms with Crippen molar-refractivity contribution in [2.75, 3.05) is 0 Å². The number of nitrogens with two attached hydrogens (primary N) is 2. The van der Waals surface area contributed by atoms with E-state index in [0.29, 0.717) is 5.02 Å². The van der Waals surface area contributed by atoms with Gasteiger partial charge in [0.2, 0.25) is 0 Å². The van der Waals surface area contributed by atoms with Crippen LogP contribution in [-0.4, -0.2) is 10.5 Å². The first-order valence-electron chi connectivity index (χ1n) is 5.48. The van der Waals surface area contributed by atoms with Gasteiger partial charge in [0.25, 0.3) is 0 Å². The lowest BCUT2D eigenvalue weighted by Gasteiger charge is -2.28. The van der Waals surface area contributed by atoms with Gasteiger partial charge < -0.3 is 11.5 Å². The number of pyridine rings is 1. The second-order valence-electron chi connectivity index (χ2n) is 4.86. The number of halogens is 1. The van der Waals surface area contributed by atoms with Crippen molar-refractivity contribution in [2.24, 2.45) is 11.5 Å². The van der Waals surface area contributed by atoms with Crippen LogP contribution in [0.5, 0.6) is 0 Å². The summed E-state index contributed by atoms with van der Waals surface area (Å²) in [6.07, 6.45) is 1.74. The molecule has 2 aromatic rings. The molecule has 1 unspecified atom stereocenters. The van der Waals surface area contributed by atoms with Gasteiger partial charge in [-0.15, -0.1) is 0 Å². The van der Waals surface area contributed by atoms with E-state index in [1.165, 1.54) is 0 Å². The Hall–Kier alpha value is -1.16. The molecule has 4 N–H and O–H groups in total. The lowest BCUT2D eigenvalue weighted by atomic mass is 9.89. The van der Waals surface area contributed by atoms with Crippen molar-refractivity contribution in [1.82, 2.24) is 4.98 Å². The van der Waals surface area contributed by atoms with Crippen molar-refractivity contribution < 1.29 is 0 Å². The first-order valence-corrected chi connectivity index (χ1v) is 5.86. The minimum absolute atomic E-state index is 0.242. The Morgan fingerprint density at radius 2 is 2.00 bits per heavy atom. The van der Waals surface area contributed by atoms with Crippen molar-refractivity contribution in [3.05, 3.63) is 41.0 Å². The summed E-state index contributed by atoms with van der Waals surface area (Å²) >= 11 is 5.94. The van der Waals surface area contributed by atoms with Crippen LogP contribution in [0.25, 0.3) is 10.9 Å². The molecule has 0 bridgehead atoms. The summed E-state index contributed by atoms with van der Waals surface area (Å²) < 4.78 is 0. The van der Waals surface area contributed by atoms with Crippen LogP contribution in [-0.2, 0) is 0 Å². The van der Waals surface area contributed by atoms with Crippen molar-refractivity contribution in [3.8, 4) is 0 Å². The Morgan fingerprint density at radius 3 is 2.65 bits per heavy atom. The molecule has 1 aromatic carbocycles. The second kappa shape index (κ2) is 4.26. The summed E-state index contributed by atoms with van der Waals surface area (Å²) in [5.74, 6) is 0. The molecule has 90 valence electrons. The molecule has 1 heterocycles. The first-order chi connectivity index (χ1) is 7.89. The highest BCUT2D eigenvalue weighted by molar-refractivity contribution is 6.31. The summed E-state index contributed by atoms with van der Waals surface area (Å²) in [4.78, 5) is 4.29. The van der Waals surface area contributed by atoms with Crippen LogP contribution in [0.3, 0.4) is 0 Å². The molecule has 0 saturated carbocycles. The average Bonchev–Trinajstić information content (AvgIpc) is 2.25. The molecule has 0 spiro atoms. The van der Waals surface area contributed by atoms with Crippen molar-refractivity contribution in [2.45, 2.75) is 25.4 Å². The molecular weight excluding hydrogens is 234 g/mol. The van der Waals surface area contributed by atoms with Gasteiger partial charge in [0, 0.05) is 28.2 Å². The van der Waals surface area contributed by atoms with E-state index in [1.54, 1.807) is 6.20 Å². The van der Waals surface area contributed by atoms with Gasteiger partial charge in [-0.25, -0.2) is 0 Å². The minimum Gasteiger partial charge on any atom is -0.324 e. The molecule has 2 rings (SSSR count). The van der Waals surface area contributed by atoms with Crippen LogP contribution >= 0.6 is 11.6 Å². The highest BCUT2D eigenvalue weighted by atomic mass is 35.5. The quantitative estimate of drug-likeness (QED) is 0.860. The summed E-state index contributed by atoms with van der Waals surface area (Å²) in [6.45, 7) is 3.83. The number of fused-ring (bicyclic) bond motifs is 1. The van der Waals surface area contributed by atoms with Crippen LogP contribution < -0.4 is 11.5 Å². The Morgan fingerprint density at radius 1 is 1.29 bits per heavy atom. The number of hydrogen-bond acceptors (Lipinski definition) is 3. The maximum atomic E-state index is 6.19. The van der Waals surface area contributed by atoms with E-state index in [9.17, 15) is 0 Å². The molecule has 3 nitrogen and oxygen atoms in total. The third-order valence-electron chi connectivity index (χ3n) is 2.88. The molecule has 0 aliphatic rings. The largest absolute Gasteiger partial charge is 0.324 e. The van der Waals surface area contributed by atoms with Gasteiger partial charge in [-0.1, -0.05) is 17.7 Å². The number of aromatic nitrogens is 1. The molecule has 0 aliphatic heterocycles. The zero-order valence-electron chi connectivity index (χ0n) is 9.94. The van der Waals surface area contributed by atoms with Gasteiger partial charge in [-0.3, -0.25) is 4.98 Å². The Bertz CT molecular complexity index is 546. The molecular formula is C13H16ClN3. The Labute approximate surface area is 106 Å². The number of rotatable bonds is 2. The topological polar surface area (TPSA) is 64.9 Å². The van der Waals surface area contributed by atoms with Crippen molar-refractivity contribution >= 4 is 22.5 Å². The molecule has 0 amide bonds. The summed E-state index contributed by atoms with van der Waals surface area (Å²) in [5.41, 5.74) is 13.6. The zero-order valence-corrected chi connectivity index (χ0v) is 10.7. The van der Waals surface area contributed by atoms with Crippen LogP contribution in [0.4, 0.5) is 0 Å². The van der Waals surface area contributed by atoms with Gasteiger partial charge in [0.15, 0.2) is 0 Å². The summed E-state index contributed by atoms with van der Waals surface area (Å²) in [5, 5.41) is 1.67. The zero-order chi connectivity index (χ0) is 12.6. The van der Waals surface area contributed by atoms with Gasteiger partial charge >= 0.3 is 0 Å². The predicted molar refractivity (Wildman–Crippen MR) is 71.9 cm³/mol. The lowest BCUT2D eigenvalue weighted by Crippen LogP contribution is -2.43. The molecule has 0 radical (unpaired) electrons. The number of nitrogens with zero attached hydrogens (tertiary/aromatic N) is 1. The molecule has 1 aromatic heterocycles. The van der Waals surface area contributed by atoms with Crippen LogP contribution in [0, 0.1) is 0 Å². The van der Waals surface area contributed by atoms with E-state index in [4.69, 9.17) is 23.1 Å². The monoisotopic (exact) mass is 249 g/mol. The Kier molecular flexibility index (Phi) is 3.08. The third kappa shape index (κ3) is 2.41. The normalized spacial score (nSPS) is 13.9. The van der Waals surface area contributed by atoms with E-state index in [1.807, 2.05) is 38.1 Å². The molecule has 0 saturated heterocycles. The fourth-order valence-corrected chi connectivity index (χ4v) is 1.98. The van der Waals surface area contributed by atoms with E-state index >= 15 is 0 Å². The first kappa shape index (κ1) is 12.3. The van der Waals surface area contributed by atoms with Crippen LogP contribution in [0.15, 0.2) is 30.5 Å². The fraction of sp³-hybridized carbons (Fsp3) is 0.308. The van der Waals surface area contributed by atoms with Gasteiger partial charge in [-0.2, -0.15) is 0 Å². The fourth-order valence-electron chi connectivity index (χ4n) is 1.82. The molecule has 0 fully saturated rings. The lowest BCUT2D eigenvalue weighted by molar-refractivity contribution is 0.422.